The summed E-state index contributed by atoms with van der Waals surface area (Å²) >= 11 is 0. The maximum Gasteiger partial charge on any atom is 0.250 e. The van der Waals surface area contributed by atoms with E-state index in [2.05, 4.69) is 25.2 Å². The third-order valence-corrected chi connectivity index (χ3v) is 3.50. The van der Waals surface area contributed by atoms with E-state index in [4.69, 9.17) is 11.5 Å². The van der Waals surface area contributed by atoms with Crippen molar-refractivity contribution in [3.05, 3.63) is 53.1 Å². The van der Waals surface area contributed by atoms with Crippen molar-refractivity contribution in [2.75, 3.05) is 11.1 Å². The number of hydrogen-bond acceptors (Lipinski definition) is 3. The van der Waals surface area contributed by atoms with Crippen LogP contribution in [0.2, 0.25) is 0 Å². The van der Waals surface area contributed by atoms with Gasteiger partial charge in [0, 0.05) is 11.4 Å². The van der Waals surface area contributed by atoms with E-state index < -0.39 is 5.91 Å². The molecule has 0 saturated carbocycles. The first-order chi connectivity index (χ1) is 9.90. The lowest BCUT2D eigenvalue weighted by atomic mass is 9.97. The molecule has 0 aliphatic heterocycles. The normalized spacial score (nSPS) is 10.7. The second kappa shape index (κ2) is 5.87. The molecule has 0 unspecified atom stereocenters. The summed E-state index contributed by atoms with van der Waals surface area (Å²) in [5, 5.41) is 3.34. The number of rotatable bonds is 4. The van der Waals surface area contributed by atoms with Crippen molar-refractivity contribution in [2.24, 2.45) is 5.73 Å². The minimum atomic E-state index is -0.496. The molecule has 4 heteroatoms. The van der Waals surface area contributed by atoms with Gasteiger partial charge in [-0.2, -0.15) is 0 Å². The van der Waals surface area contributed by atoms with Crippen molar-refractivity contribution in [1.29, 1.82) is 0 Å². The number of nitrogens with two attached hydrogens (primary N) is 2. The molecule has 2 rings (SSSR count). The highest BCUT2D eigenvalue weighted by molar-refractivity contribution is 6.00. The third kappa shape index (κ3) is 3.16. The molecule has 0 aliphatic rings. The van der Waals surface area contributed by atoms with Crippen LogP contribution in [-0.2, 0) is 0 Å². The number of para-hydroxylation sites is 1. The Kier molecular flexibility index (Phi) is 4.17. The Hall–Kier alpha value is -2.49. The van der Waals surface area contributed by atoms with E-state index in [1.807, 2.05) is 19.1 Å². The number of carbonyl (C=O) groups is 1. The van der Waals surface area contributed by atoms with Crippen LogP contribution >= 0.6 is 0 Å². The molecular weight excluding hydrogens is 262 g/mol. The van der Waals surface area contributed by atoms with Crippen LogP contribution in [0, 0.1) is 6.92 Å². The standard InChI is InChI=1S/C17H21N3O/c1-10(2)13-6-4-5-11(3)16(13)20-15-8-7-12(18)9-14(15)17(19)21/h4-10,20H,18H2,1-3H3,(H2,19,21). The predicted molar refractivity (Wildman–Crippen MR) is 87.9 cm³/mol. The Morgan fingerprint density at radius 1 is 1.19 bits per heavy atom. The van der Waals surface area contributed by atoms with Crippen molar-refractivity contribution in [3.8, 4) is 0 Å². The minimum Gasteiger partial charge on any atom is -0.399 e. The molecule has 0 spiro atoms. The van der Waals surface area contributed by atoms with Crippen LogP contribution < -0.4 is 16.8 Å². The number of carbonyl (C=O) groups excluding carboxylic acids is 1. The van der Waals surface area contributed by atoms with Crippen molar-refractivity contribution >= 4 is 23.0 Å². The van der Waals surface area contributed by atoms with Gasteiger partial charge in [-0.3, -0.25) is 4.79 Å². The highest BCUT2D eigenvalue weighted by atomic mass is 16.1. The summed E-state index contributed by atoms with van der Waals surface area (Å²) in [6.45, 7) is 6.31. The topological polar surface area (TPSA) is 81.1 Å². The zero-order chi connectivity index (χ0) is 15.6. The van der Waals surface area contributed by atoms with Gasteiger partial charge < -0.3 is 16.8 Å². The molecule has 0 aliphatic carbocycles. The molecule has 4 nitrogen and oxygen atoms in total. The maximum atomic E-state index is 11.6. The van der Waals surface area contributed by atoms with Gasteiger partial charge in [-0.05, 0) is 42.2 Å². The van der Waals surface area contributed by atoms with Gasteiger partial charge in [0.15, 0.2) is 0 Å². The zero-order valence-corrected chi connectivity index (χ0v) is 12.6. The summed E-state index contributed by atoms with van der Waals surface area (Å²) in [6, 6.07) is 11.3. The summed E-state index contributed by atoms with van der Waals surface area (Å²) in [5.74, 6) is -0.123. The summed E-state index contributed by atoms with van der Waals surface area (Å²) in [4.78, 5) is 11.6. The molecule has 0 aromatic heterocycles. The number of benzene rings is 2. The first kappa shape index (κ1) is 14.9. The molecule has 2 aromatic carbocycles. The van der Waals surface area contributed by atoms with Crippen molar-refractivity contribution in [1.82, 2.24) is 0 Å². The van der Waals surface area contributed by atoms with Gasteiger partial charge in [0.25, 0.3) is 5.91 Å². The Morgan fingerprint density at radius 2 is 1.90 bits per heavy atom. The zero-order valence-electron chi connectivity index (χ0n) is 12.6. The maximum absolute atomic E-state index is 11.6. The number of primary amides is 1. The molecule has 1 amide bonds. The van der Waals surface area contributed by atoms with E-state index in [1.165, 1.54) is 5.56 Å². The average molecular weight is 283 g/mol. The predicted octanol–water partition coefficient (Wildman–Crippen LogP) is 3.54. The van der Waals surface area contributed by atoms with Crippen molar-refractivity contribution in [3.63, 3.8) is 0 Å². The van der Waals surface area contributed by atoms with Gasteiger partial charge in [0.1, 0.15) is 0 Å². The Balaban J connectivity index is 2.51. The van der Waals surface area contributed by atoms with E-state index in [-0.39, 0.29) is 0 Å². The third-order valence-electron chi connectivity index (χ3n) is 3.50. The van der Waals surface area contributed by atoms with E-state index in [0.717, 1.165) is 11.3 Å². The lowest BCUT2D eigenvalue weighted by molar-refractivity contribution is 0.100. The van der Waals surface area contributed by atoms with Gasteiger partial charge in [-0.1, -0.05) is 32.0 Å². The van der Waals surface area contributed by atoms with Gasteiger partial charge >= 0.3 is 0 Å². The molecule has 0 radical (unpaired) electrons. The molecule has 0 heterocycles. The lowest BCUT2D eigenvalue weighted by Crippen LogP contribution is -2.14. The first-order valence-electron chi connectivity index (χ1n) is 6.96. The number of hydrogen-bond donors (Lipinski definition) is 3. The summed E-state index contributed by atoms with van der Waals surface area (Å²) < 4.78 is 0. The number of anilines is 3. The lowest BCUT2D eigenvalue weighted by Gasteiger charge is -2.18. The SMILES string of the molecule is Cc1cccc(C(C)C)c1Nc1ccc(N)cc1C(N)=O. The first-order valence-corrected chi connectivity index (χ1v) is 6.96. The molecule has 0 atom stereocenters. The van der Waals surface area contributed by atoms with Crippen molar-refractivity contribution in [2.45, 2.75) is 26.7 Å². The molecule has 110 valence electrons. The monoisotopic (exact) mass is 283 g/mol. The molecule has 0 saturated heterocycles. The molecule has 2 aromatic rings. The summed E-state index contributed by atoms with van der Waals surface area (Å²) in [7, 11) is 0. The number of amides is 1. The smallest absolute Gasteiger partial charge is 0.250 e. The van der Waals surface area contributed by atoms with Crippen molar-refractivity contribution < 1.29 is 4.79 Å². The van der Waals surface area contributed by atoms with Crippen LogP contribution in [-0.4, -0.2) is 5.91 Å². The minimum absolute atomic E-state index is 0.373. The van der Waals surface area contributed by atoms with Gasteiger partial charge in [0.05, 0.1) is 11.3 Å². The Morgan fingerprint density at radius 3 is 2.52 bits per heavy atom. The molecular formula is C17H21N3O. The van der Waals surface area contributed by atoms with E-state index in [9.17, 15) is 4.79 Å². The second-order valence-electron chi connectivity index (χ2n) is 5.49. The van der Waals surface area contributed by atoms with Crippen LogP contribution in [0.3, 0.4) is 0 Å². The number of aryl methyl sites for hydroxylation is 1. The Bertz CT molecular complexity index is 678. The average Bonchev–Trinajstić information content (AvgIpc) is 2.42. The second-order valence-corrected chi connectivity index (χ2v) is 5.49. The van der Waals surface area contributed by atoms with Crippen LogP contribution in [0.15, 0.2) is 36.4 Å². The number of nitrogens with one attached hydrogen (secondary N) is 1. The van der Waals surface area contributed by atoms with E-state index in [0.29, 0.717) is 22.9 Å². The van der Waals surface area contributed by atoms with E-state index >= 15 is 0 Å². The van der Waals surface area contributed by atoms with Gasteiger partial charge in [-0.15, -0.1) is 0 Å². The molecule has 5 N–H and O–H groups in total. The highest BCUT2D eigenvalue weighted by Gasteiger charge is 2.13. The Labute approximate surface area is 125 Å². The van der Waals surface area contributed by atoms with Crippen LogP contribution in [0.1, 0.15) is 41.3 Å². The molecule has 0 bridgehead atoms. The van der Waals surface area contributed by atoms with Crippen LogP contribution in [0.4, 0.5) is 17.1 Å². The quantitative estimate of drug-likeness (QED) is 0.751. The fourth-order valence-electron chi connectivity index (χ4n) is 2.35. The van der Waals surface area contributed by atoms with Gasteiger partial charge in [-0.25, -0.2) is 0 Å². The summed E-state index contributed by atoms with van der Waals surface area (Å²) in [6.07, 6.45) is 0. The number of nitrogen functional groups attached to an aromatic ring is 1. The fraction of sp³-hybridized carbons (Fsp3) is 0.235. The van der Waals surface area contributed by atoms with E-state index in [1.54, 1.807) is 18.2 Å². The summed E-state index contributed by atoms with van der Waals surface area (Å²) in [5.41, 5.74) is 16.1. The highest BCUT2D eigenvalue weighted by Crippen LogP contribution is 2.31. The molecule has 21 heavy (non-hydrogen) atoms. The fourth-order valence-corrected chi connectivity index (χ4v) is 2.35. The molecule has 0 fully saturated rings. The van der Waals surface area contributed by atoms with Crippen LogP contribution in [0.5, 0.6) is 0 Å². The largest absolute Gasteiger partial charge is 0.399 e. The van der Waals surface area contributed by atoms with Gasteiger partial charge in [0.2, 0.25) is 0 Å². The van der Waals surface area contributed by atoms with Crippen LogP contribution in [0.25, 0.3) is 0 Å².